The molecule has 138 valence electrons. The summed E-state index contributed by atoms with van der Waals surface area (Å²) in [5, 5.41) is 10.6. The predicted octanol–water partition coefficient (Wildman–Crippen LogP) is 4.86. The summed E-state index contributed by atoms with van der Waals surface area (Å²) in [6, 6.07) is 18.2. The van der Waals surface area contributed by atoms with Gasteiger partial charge in [0.25, 0.3) is 5.56 Å². The Morgan fingerprint density at radius 2 is 2.00 bits per heavy atom. The monoisotopic (exact) mass is 407 g/mol. The van der Waals surface area contributed by atoms with Gasteiger partial charge in [-0.25, -0.2) is 4.98 Å². The van der Waals surface area contributed by atoms with Crippen LogP contribution in [0.15, 0.2) is 75.2 Å². The number of halogens is 1. The molecule has 4 aromatic rings. The van der Waals surface area contributed by atoms with Gasteiger partial charge in [-0.1, -0.05) is 35.5 Å². The molecule has 0 aliphatic rings. The Hall–Kier alpha value is -3.01. The van der Waals surface area contributed by atoms with Crippen molar-refractivity contribution in [2.45, 2.75) is 17.5 Å². The Kier molecular flexibility index (Phi) is 5.20. The zero-order valence-electron chi connectivity index (χ0n) is 14.6. The fraction of sp³-hybridized carbons (Fsp3) is 0.0952. The first kappa shape index (κ1) is 18.4. The minimum absolute atomic E-state index is 0.139. The molecule has 0 aliphatic carbocycles. The van der Waals surface area contributed by atoms with Crippen molar-refractivity contribution in [2.75, 3.05) is 0 Å². The SMILES string of the molecule is N#Cc1ccc(CSc2nc3cc(Cl)ccc3c(=O)n2Cc2ccco2)cc1. The van der Waals surface area contributed by atoms with Crippen molar-refractivity contribution in [3.05, 3.63) is 93.1 Å². The maximum Gasteiger partial charge on any atom is 0.262 e. The fourth-order valence-corrected chi connectivity index (χ4v) is 3.93. The fourth-order valence-electron chi connectivity index (χ4n) is 2.81. The molecular formula is C21H14ClN3O2S. The highest BCUT2D eigenvalue weighted by molar-refractivity contribution is 7.98. The molecule has 0 spiro atoms. The van der Waals surface area contributed by atoms with E-state index in [-0.39, 0.29) is 5.56 Å². The summed E-state index contributed by atoms with van der Waals surface area (Å²) in [5.74, 6) is 1.29. The maximum absolute atomic E-state index is 13.1. The van der Waals surface area contributed by atoms with Crippen molar-refractivity contribution < 1.29 is 4.42 Å². The van der Waals surface area contributed by atoms with Crippen LogP contribution in [0.4, 0.5) is 0 Å². The van der Waals surface area contributed by atoms with E-state index in [2.05, 4.69) is 11.1 Å². The van der Waals surface area contributed by atoms with Gasteiger partial charge in [-0.15, -0.1) is 0 Å². The van der Waals surface area contributed by atoms with Gasteiger partial charge in [0.1, 0.15) is 5.76 Å². The topological polar surface area (TPSA) is 71.8 Å². The molecule has 0 aliphatic heterocycles. The number of nitriles is 1. The smallest absolute Gasteiger partial charge is 0.262 e. The molecule has 7 heteroatoms. The molecule has 2 aromatic carbocycles. The quantitative estimate of drug-likeness (QED) is 0.349. The molecule has 0 radical (unpaired) electrons. The molecule has 0 amide bonds. The van der Waals surface area contributed by atoms with Crippen LogP contribution in [0, 0.1) is 11.3 Å². The number of hydrogen-bond acceptors (Lipinski definition) is 5. The van der Waals surface area contributed by atoms with Crippen LogP contribution in [0.3, 0.4) is 0 Å². The Labute approximate surface area is 170 Å². The average Bonchev–Trinajstić information content (AvgIpc) is 3.22. The summed E-state index contributed by atoms with van der Waals surface area (Å²) in [6.45, 7) is 0.299. The molecule has 28 heavy (non-hydrogen) atoms. The molecule has 2 heterocycles. The van der Waals surface area contributed by atoms with Gasteiger partial charge in [0.05, 0.1) is 35.3 Å². The number of thioether (sulfide) groups is 1. The van der Waals surface area contributed by atoms with E-state index < -0.39 is 0 Å². The Morgan fingerprint density at radius 3 is 2.71 bits per heavy atom. The van der Waals surface area contributed by atoms with Crippen LogP contribution in [0.25, 0.3) is 10.9 Å². The minimum atomic E-state index is -0.139. The molecule has 0 saturated heterocycles. The first-order valence-electron chi connectivity index (χ1n) is 8.48. The summed E-state index contributed by atoms with van der Waals surface area (Å²) in [7, 11) is 0. The highest BCUT2D eigenvalue weighted by Gasteiger charge is 2.14. The first-order valence-corrected chi connectivity index (χ1v) is 9.85. The number of benzene rings is 2. The van der Waals surface area contributed by atoms with Crippen molar-refractivity contribution in [1.29, 1.82) is 5.26 Å². The largest absolute Gasteiger partial charge is 0.467 e. The van der Waals surface area contributed by atoms with E-state index in [9.17, 15) is 4.79 Å². The zero-order chi connectivity index (χ0) is 19.5. The second-order valence-electron chi connectivity index (χ2n) is 6.12. The van der Waals surface area contributed by atoms with E-state index in [1.165, 1.54) is 11.8 Å². The lowest BCUT2D eigenvalue weighted by atomic mass is 10.2. The lowest BCUT2D eigenvalue weighted by Crippen LogP contribution is -2.23. The number of aromatic nitrogens is 2. The van der Waals surface area contributed by atoms with Gasteiger partial charge in [0, 0.05) is 10.8 Å². The highest BCUT2D eigenvalue weighted by atomic mass is 35.5. The normalized spacial score (nSPS) is 10.9. The zero-order valence-corrected chi connectivity index (χ0v) is 16.2. The van der Waals surface area contributed by atoms with Gasteiger partial charge in [-0.2, -0.15) is 5.26 Å². The van der Waals surface area contributed by atoms with E-state index in [0.29, 0.717) is 44.7 Å². The van der Waals surface area contributed by atoms with E-state index in [4.69, 9.17) is 21.3 Å². The molecule has 0 atom stereocenters. The third-order valence-corrected chi connectivity index (χ3v) is 5.51. The van der Waals surface area contributed by atoms with Gasteiger partial charge in [0.2, 0.25) is 0 Å². The molecule has 0 fully saturated rings. The number of nitrogens with zero attached hydrogens (tertiary/aromatic N) is 3. The number of rotatable bonds is 5. The summed E-state index contributed by atoms with van der Waals surface area (Å²) in [5.41, 5.74) is 2.08. The van der Waals surface area contributed by atoms with Gasteiger partial charge >= 0.3 is 0 Å². The maximum atomic E-state index is 13.1. The van der Waals surface area contributed by atoms with Crippen molar-refractivity contribution >= 4 is 34.3 Å². The summed E-state index contributed by atoms with van der Waals surface area (Å²) in [6.07, 6.45) is 1.58. The average molecular weight is 408 g/mol. The molecule has 0 N–H and O–H groups in total. The van der Waals surface area contributed by atoms with Crippen LogP contribution in [0.1, 0.15) is 16.9 Å². The van der Waals surface area contributed by atoms with Crippen LogP contribution < -0.4 is 5.56 Å². The first-order chi connectivity index (χ1) is 13.6. The van der Waals surface area contributed by atoms with Crippen molar-refractivity contribution in [2.24, 2.45) is 0 Å². The third-order valence-electron chi connectivity index (χ3n) is 4.23. The minimum Gasteiger partial charge on any atom is -0.467 e. The predicted molar refractivity (Wildman–Crippen MR) is 110 cm³/mol. The Bertz CT molecular complexity index is 1230. The van der Waals surface area contributed by atoms with E-state index >= 15 is 0 Å². The van der Waals surface area contributed by atoms with Crippen LogP contribution in [0.2, 0.25) is 5.02 Å². The molecule has 0 unspecified atom stereocenters. The van der Waals surface area contributed by atoms with Crippen LogP contribution in [0.5, 0.6) is 0 Å². The molecule has 2 aromatic heterocycles. The molecule has 0 saturated carbocycles. The van der Waals surface area contributed by atoms with E-state index in [0.717, 1.165) is 5.56 Å². The highest BCUT2D eigenvalue weighted by Crippen LogP contribution is 2.24. The second kappa shape index (κ2) is 7.93. The number of hydrogen-bond donors (Lipinski definition) is 0. The van der Waals surface area contributed by atoms with Crippen LogP contribution in [-0.4, -0.2) is 9.55 Å². The van der Waals surface area contributed by atoms with E-state index in [1.54, 1.807) is 47.2 Å². The van der Waals surface area contributed by atoms with Crippen molar-refractivity contribution in [3.8, 4) is 6.07 Å². The third kappa shape index (κ3) is 3.81. The Balaban J connectivity index is 1.73. The summed E-state index contributed by atoms with van der Waals surface area (Å²) < 4.78 is 7.03. The molecule has 4 rings (SSSR count). The molecular weight excluding hydrogens is 394 g/mol. The van der Waals surface area contributed by atoms with Gasteiger partial charge in [-0.05, 0) is 48.0 Å². The number of furan rings is 1. The second-order valence-corrected chi connectivity index (χ2v) is 7.50. The Morgan fingerprint density at radius 1 is 1.18 bits per heavy atom. The van der Waals surface area contributed by atoms with Crippen molar-refractivity contribution in [1.82, 2.24) is 9.55 Å². The van der Waals surface area contributed by atoms with Crippen molar-refractivity contribution in [3.63, 3.8) is 0 Å². The van der Waals surface area contributed by atoms with Gasteiger partial charge < -0.3 is 4.42 Å². The summed E-state index contributed by atoms with van der Waals surface area (Å²) >= 11 is 7.54. The van der Waals surface area contributed by atoms with Crippen LogP contribution >= 0.6 is 23.4 Å². The lowest BCUT2D eigenvalue weighted by molar-refractivity contribution is 0.476. The summed E-state index contributed by atoms with van der Waals surface area (Å²) in [4.78, 5) is 17.7. The van der Waals surface area contributed by atoms with Gasteiger partial charge in [0.15, 0.2) is 5.16 Å². The van der Waals surface area contributed by atoms with Crippen LogP contribution in [-0.2, 0) is 12.3 Å². The standard InChI is InChI=1S/C21H14ClN3O2S/c22-16-7-8-18-19(10-16)24-21(25(20(18)26)12-17-2-1-9-27-17)28-13-15-5-3-14(11-23)4-6-15/h1-10H,12-13H2. The molecule has 0 bridgehead atoms. The van der Waals surface area contributed by atoms with Gasteiger partial charge in [-0.3, -0.25) is 9.36 Å². The lowest BCUT2D eigenvalue weighted by Gasteiger charge is -2.12. The van der Waals surface area contributed by atoms with E-state index in [1.807, 2.05) is 18.2 Å². The number of fused-ring (bicyclic) bond motifs is 1. The molecule has 5 nitrogen and oxygen atoms in total.